The van der Waals surface area contributed by atoms with Crippen LogP contribution in [0.25, 0.3) is 0 Å². The summed E-state index contributed by atoms with van der Waals surface area (Å²) in [6.45, 7) is 5.37. The Kier molecular flexibility index (Phi) is 7.34. The molecule has 1 saturated heterocycles. The van der Waals surface area contributed by atoms with E-state index in [0.717, 1.165) is 18.5 Å². The normalized spacial score (nSPS) is 14.2. The second kappa shape index (κ2) is 10.4. The molecule has 0 unspecified atom stereocenters. The highest BCUT2D eigenvalue weighted by molar-refractivity contribution is 7.92. The zero-order chi connectivity index (χ0) is 24.1. The first-order chi connectivity index (χ1) is 16.3. The smallest absolute Gasteiger partial charge is 0.264 e. The summed E-state index contributed by atoms with van der Waals surface area (Å²) in [6, 6.07) is 21.2. The number of nitrogens with one attached hydrogen (secondary N) is 1. The number of hydrogen-bond donors (Lipinski definition) is 1. The van der Waals surface area contributed by atoms with Gasteiger partial charge in [-0.1, -0.05) is 35.9 Å². The Balaban J connectivity index is 1.42. The minimum Gasteiger partial charge on any atom is -0.322 e. The van der Waals surface area contributed by atoms with Gasteiger partial charge in [0.05, 0.1) is 10.6 Å². The van der Waals surface area contributed by atoms with Crippen molar-refractivity contribution in [2.45, 2.75) is 31.1 Å². The number of carbonyl (C=O) groups is 1. The van der Waals surface area contributed by atoms with Crippen molar-refractivity contribution >= 4 is 27.3 Å². The molecule has 3 aromatic rings. The quantitative estimate of drug-likeness (QED) is 0.510. The van der Waals surface area contributed by atoms with Crippen LogP contribution in [-0.4, -0.2) is 45.9 Å². The van der Waals surface area contributed by atoms with Crippen molar-refractivity contribution in [2.75, 3.05) is 36.3 Å². The molecule has 0 aliphatic carbocycles. The maximum Gasteiger partial charge on any atom is 0.264 e. The molecule has 0 atom stereocenters. The molecule has 1 fully saturated rings. The predicted octanol–water partition coefficient (Wildman–Crippen LogP) is 4.71. The molecule has 0 radical (unpaired) electrons. The Morgan fingerprint density at radius 2 is 1.65 bits per heavy atom. The SMILES string of the molecule is Cc1ccc(N(C)S(=O)(=O)c2cccc(C(=O)Nc3ccc(CCN4CCCC4)cc3)c2)cc1. The summed E-state index contributed by atoms with van der Waals surface area (Å²) in [7, 11) is -2.29. The van der Waals surface area contributed by atoms with Gasteiger partial charge in [-0.15, -0.1) is 0 Å². The van der Waals surface area contributed by atoms with E-state index in [1.54, 1.807) is 24.3 Å². The highest BCUT2D eigenvalue weighted by Crippen LogP contribution is 2.23. The number of hydrogen-bond acceptors (Lipinski definition) is 4. The maximum absolute atomic E-state index is 13.1. The van der Waals surface area contributed by atoms with Gasteiger partial charge in [0.1, 0.15) is 0 Å². The van der Waals surface area contributed by atoms with E-state index in [0.29, 0.717) is 11.4 Å². The number of benzene rings is 3. The Bertz CT molecular complexity index is 1230. The minimum atomic E-state index is -3.80. The lowest BCUT2D eigenvalue weighted by Gasteiger charge is -2.20. The zero-order valence-corrected chi connectivity index (χ0v) is 20.5. The molecule has 6 nitrogen and oxygen atoms in total. The number of nitrogens with zero attached hydrogens (tertiary/aromatic N) is 2. The third-order valence-corrected chi connectivity index (χ3v) is 8.06. The Hall–Kier alpha value is -3.16. The van der Waals surface area contributed by atoms with Crippen LogP contribution in [0, 0.1) is 6.92 Å². The van der Waals surface area contributed by atoms with Gasteiger partial charge >= 0.3 is 0 Å². The monoisotopic (exact) mass is 477 g/mol. The summed E-state index contributed by atoms with van der Waals surface area (Å²) in [5.74, 6) is -0.347. The van der Waals surface area contributed by atoms with Gasteiger partial charge < -0.3 is 10.2 Å². The molecule has 1 aliphatic heterocycles. The van der Waals surface area contributed by atoms with Gasteiger partial charge in [-0.25, -0.2) is 8.42 Å². The summed E-state index contributed by atoms with van der Waals surface area (Å²) < 4.78 is 27.5. The van der Waals surface area contributed by atoms with Crippen molar-refractivity contribution in [3.8, 4) is 0 Å². The third kappa shape index (κ3) is 5.66. The first kappa shape index (κ1) is 24.0. The van der Waals surface area contributed by atoms with E-state index in [9.17, 15) is 13.2 Å². The van der Waals surface area contributed by atoms with Crippen molar-refractivity contribution in [3.05, 3.63) is 89.5 Å². The summed E-state index contributed by atoms with van der Waals surface area (Å²) >= 11 is 0. The fraction of sp³-hybridized carbons (Fsp3) is 0.296. The van der Waals surface area contributed by atoms with Crippen LogP contribution in [-0.2, 0) is 16.4 Å². The second-order valence-corrected chi connectivity index (χ2v) is 10.8. The van der Waals surface area contributed by atoms with E-state index >= 15 is 0 Å². The lowest BCUT2D eigenvalue weighted by molar-refractivity contribution is 0.102. The van der Waals surface area contributed by atoms with E-state index in [1.165, 1.54) is 55.0 Å². The molecule has 0 aromatic heterocycles. The molecule has 1 heterocycles. The first-order valence-electron chi connectivity index (χ1n) is 11.6. The Labute approximate surface area is 202 Å². The molecule has 4 rings (SSSR count). The van der Waals surface area contributed by atoms with Gasteiger partial charge in [-0.05, 0) is 87.3 Å². The first-order valence-corrected chi connectivity index (χ1v) is 13.1. The molecule has 0 saturated carbocycles. The highest BCUT2D eigenvalue weighted by atomic mass is 32.2. The molecular weight excluding hydrogens is 446 g/mol. The standard InChI is InChI=1S/C27H31N3O3S/c1-21-8-14-25(15-9-21)29(2)34(32,33)26-7-5-6-23(20-26)27(31)28-24-12-10-22(11-13-24)16-19-30-17-3-4-18-30/h5-15,20H,3-4,16-19H2,1-2H3,(H,28,31). The van der Waals surface area contributed by atoms with E-state index in [-0.39, 0.29) is 16.4 Å². The molecule has 1 amide bonds. The Morgan fingerprint density at radius 1 is 0.971 bits per heavy atom. The van der Waals surface area contributed by atoms with Crippen LogP contribution < -0.4 is 9.62 Å². The summed E-state index contributed by atoms with van der Waals surface area (Å²) in [5, 5.41) is 2.87. The van der Waals surface area contributed by atoms with Gasteiger partial charge in [0.15, 0.2) is 0 Å². The van der Waals surface area contributed by atoms with Crippen LogP contribution in [0.2, 0.25) is 0 Å². The van der Waals surface area contributed by atoms with Crippen molar-refractivity contribution in [3.63, 3.8) is 0 Å². The summed E-state index contributed by atoms with van der Waals surface area (Å²) in [5.41, 5.74) is 3.81. The molecule has 0 spiro atoms. The summed E-state index contributed by atoms with van der Waals surface area (Å²) in [6.07, 6.45) is 3.56. The van der Waals surface area contributed by atoms with Gasteiger partial charge in [0, 0.05) is 24.8 Å². The average Bonchev–Trinajstić information content (AvgIpc) is 3.37. The molecule has 34 heavy (non-hydrogen) atoms. The van der Waals surface area contributed by atoms with Gasteiger partial charge in [0.25, 0.3) is 15.9 Å². The Morgan fingerprint density at radius 3 is 2.32 bits per heavy atom. The maximum atomic E-state index is 13.1. The number of aryl methyl sites for hydroxylation is 1. The van der Waals surface area contributed by atoms with Crippen molar-refractivity contribution in [1.29, 1.82) is 0 Å². The van der Waals surface area contributed by atoms with Crippen molar-refractivity contribution in [2.24, 2.45) is 0 Å². The zero-order valence-electron chi connectivity index (χ0n) is 19.7. The molecule has 3 aromatic carbocycles. The molecule has 7 heteroatoms. The largest absolute Gasteiger partial charge is 0.322 e. The third-order valence-electron chi connectivity index (χ3n) is 6.28. The molecule has 1 N–H and O–H groups in total. The van der Waals surface area contributed by atoms with Gasteiger partial charge in [-0.2, -0.15) is 0 Å². The lowest BCUT2D eigenvalue weighted by atomic mass is 10.1. The van der Waals surface area contributed by atoms with Crippen LogP contribution in [0.3, 0.4) is 0 Å². The fourth-order valence-electron chi connectivity index (χ4n) is 4.10. The van der Waals surface area contributed by atoms with Gasteiger partial charge in [0.2, 0.25) is 0 Å². The van der Waals surface area contributed by atoms with E-state index < -0.39 is 10.0 Å². The highest BCUT2D eigenvalue weighted by Gasteiger charge is 2.22. The molecule has 178 valence electrons. The predicted molar refractivity (Wildman–Crippen MR) is 137 cm³/mol. The molecule has 1 aliphatic rings. The number of carbonyl (C=O) groups excluding carboxylic acids is 1. The number of amides is 1. The van der Waals surface area contributed by atoms with Crippen LogP contribution in [0.5, 0.6) is 0 Å². The van der Waals surface area contributed by atoms with Gasteiger partial charge in [-0.3, -0.25) is 9.10 Å². The number of likely N-dealkylation sites (tertiary alicyclic amines) is 1. The van der Waals surface area contributed by atoms with Crippen LogP contribution in [0.1, 0.15) is 34.3 Å². The van der Waals surface area contributed by atoms with Crippen LogP contribution in [0.15, 0.2) is 77.7 Å². The lowest BCUT2D eigenvalue weighted by Crippen LogP contribution is -2.26. The van der Waals surface area contributed by atoms with Crippen molar-refractivity contribution in [1.82, 2.24) is 4.90 Å². The number of sulfonamides is 1. The van der Waals surface area contributed by atoms with Crippen LogP contribution in [0.4, 0.5) is 11.4 Å². The average molecular weight is 478 g/mol. The van der Waals surface area contributed by atoms with E-state index in [4.69, 9.17) is 0 Å². The number of rotatable bonds is 8. The minimum absolute atomic E-state index is 0.0699. The van der Waals surface area contributed by atoms with Crippen molar-refractivity contribution < 1.29 is 13.2 Å². The van der Waals surface area contributed by atoms with E-state index in [2.05, 4.69) is 10.2 Å². The molecule has 0 bridgehead atoms. The second-order valence-electron chi connectivity index (χ2n) is 8.79. The fourth-order valence-corrected chi connectivity index (χ4v) is 5.34. The number of anilines is 2. The van der Waals surface area contributed by atoms with E-state index in [1.807, 2.05) is 43.3 Å². The van der Waals surface area contributed by atoms with Crippen LogP contribution >= 0.6 is 0 Å². The molecular formula is C27H31N3O3S. The summed E-state index contributed by atoms with van der Waals surface area (Å²) in [4.78, 5) is 15.4. The topological polar surface area (TPSA) is 69.7 Å².